The number of hydrogen-bond donors (Lipinski definition) is 0. The molecule has 1 unspecified atom stereocenters. The third-order valence-electron chi connectivity index (χ3n) is 1.97. The molecule has 1 rings (SSSR count). The van der Waals surface area contributed by atoms with Gasteiger partial charge in [-0.3, -0.25) is 0 Å². The Hall–Kier alpha value is -0.790. The largest absolute Gasteiger partial charge is 0.303 e. The predicted octanol–water partition coefficient (Wildman–Crippen LogP) is 2.28. The van der Waals surface area contributed by atoms with Crippen molar-refractivity contribution in [2.45, 2.75) is 26.7 Å². The zero-order valence-corrected chi connectivity index (χ0v) is 8.46. The van der Waals surface area contributed by atoms with Gasteiger partial charge in [0.05, 0.1) is 5.71 Å². The molecule has 0 amide bonds. The summed E-state index contributed by atoms with van der Waals surface area (Å²) in [5, 5.41) is 6.28. The SMILES string of the molecule is CC1=CC(=NN(C)C)CC(C)C1. The van der Waals surface area contributed by atoms with Crippen molar-refractivity contribution in [3.8, 4) is 0 Å². The Balaban J connectivity index is 2.73. The summed E-state index contributed by atoms with van der Waals surface area (Å²) >= 11 is 0. The summed E-state index contributed by atoms with van der Waals surface area (Å²) in [5.74, 6) is 0.758. The maximum Gasteiger partial charge on any atom is 0.0607 e. The van der Waals surface area contributed by atoms with Gasteiger partial charge in [-0.25, -0.2) is 0 Å². The predicted molar refractivity (Wildman–Crippen MR) is 53.3 cm³/mol. The van der Waals surface area contributed by atoms with Crippen LogP contribution in [0.4, 0.5) is 0 Å². The standard InChI is InChI=1S/C10H18N2/c1-8-5-9(2)7-10(6-8)11-12(3)4/h6,9H,5,7H2,1-4H3. The Morgan fingerprint density at radius 2 is 2.08 bits per heavy atom. The Morgan fingerprint density at radius 3 is 2.58 bits per heavy atom. The second-order valence-corrected chi connectivity index (χ2v) is 3.94. The Kier molecular flexibility index (Phi) is 2.90. The third kappa shape index (κ3) is 2.68. The van der Waals surface area contributed by atoms with E-state index in [-0.39, 0.29) is 0 Å². The first-order valence-corrected chi connectivity index (χ1v) is 4.50. The molecule has 0 saturated carbocycles. The van der Waals surface area contributed by atoms with Crippen molar-refractivity contribution < 1.29 is 0 Å². The number of hydrazone groups is 1. The second-order valence-electron chi connectivity index (χ2n) is 3.94. The van der Waals surface area contributed by atoms with Gasteiger partial charge in [0.1, 0.15) is 0 Å². The Morgan fingerprint density at radius 1 is 1.42 bits per heavy atom. The fourth-order valence-corrected chi connectivity index (χ4v) is 1.71. The summed E-state index contributed by atoms with van der Waals surface area (Å²) in [6.45, 7) is 4.46. The molecule has 0 spiro atoms. The number of nitrogens with zero attached hydrogens (tertiary/aromatic N) is 2. The normalized spacial score (nSPS) is 27.2. The van der Waals surface area contributed by atoms with E-state index < -0.39 is 0 Å². The molecule has 0 aromatic carbocycles. The lowest BCUT2D eigenvalue weighted by Crippen LogP contribution is -2.14. The molecule has 0 aromatic rings. The van der Waals surface area contributed by atoms with E-state index in [2.05, 4.69) is 25.0 Å². The lowest BCUT2D eigenvalue weighted by Gasteiger charge is -2.19. The van der Waals surface area contributed by atoms with Gasteiger partial charge < -0.3 is 5.01 Å². The number of hydrogen-bond acceptors (Lipinski definition) is 2. The van der Waals surface area contributed by atoms with Gasteiger partial charge in [-0.2, -0.15) is 5.10 Å². The third-order valence-corrected chi connectivity index (χ3v) is 1.97. The van der Waals surface area contributed by atoms with E-state index in [0.29, 0.717) is 0 Å². The summed E-state index contributed by atoms with van der Waals surface area (Å²) in [5.41, 5.74) is 2.67. The molecular weight excluding hydrogens is 148 g/mol. The van der Waals surface area contributed by atoms with E-state index in [1.807, 2.05) is 19.1 Å². The minimum absolute atomic E-state index is 0.758. The maximum absolute atomic E-state index is 4.41. The minimum atomic E-state index is 0.758. The maximum atomic E-state index is 4.41. The zero-order chi connectivity index (χ0) is 9.14. The molecule has 1 aliphatic carbocycles. The molecule has 0 radical (unpaired) electrons. The highest BCUT2D eigenvalue weighted by molar-refractivity contribution is 5.96. The molecular formula is C10H18N2. The van der Waals surface area contributed by atoms with Gasteiger partial charge in [-0.15, -0.1) is 0 Å². The van der Waals surface area contributed by atoms with Crippen molar-refractivity contribution in [1.82, 2.24) is 5.01 Å². The van der Waals surface area contributed by atoms with Crippen molar-refractivity contribution in [2.24, 2.45) is 11.0 Å². The van der Waals surface area contributed by atoms with Crippen molar-refractivity contribution in [2.75, 3.05) is 14.1 Å². The first-order valence-electron chi connectivity index (χ1n) is 4.50. The summed E-state index contributed by atoms with van der Waals surface area (Å²) < 4.78 is 0. The van der Waals surface area contributed by atoms with E-state index in [1.165, 1.54) is 17.7 Å². The van der Waals surface area contributed by atoms with Gasteiger partial charge in [0.15, 0.2) is 0 Å². The second kappa shape index (κ2) is 3.74. The van der Waals surface area contributed by atoms with Crippen LogP contribution in [0.1, 0.15) is 26.7 Å². The van der Waals surface area contributed by atoms with Gasteiger partial charge in [-0.05, 0) is 31.8 Å². The lowest BCUT2D eigenvalue weighted by molar-refractivity contribution is 0.433. The zero-order valence-electron chi connectivity index (χ0n) is 8.46. The molecule has 1 aliphatic rings. The summed E-state index contributed by atoms with van der Waals surface area (Å²) in [4.78, 5) is 0. The van der Waals surface area contributed by atoms with Crippen molar-refractivity contribution >= 4 is 5.71 Å². The molecule has 0 N–H and O–H groups in total. The van der Waals surface area contributed by atoms with Crippen LogP contribution in [0.3, 0.4) is 0 Å². The average molecular weight is 166 g/mol. The van der Waals surface area contributed by atoms with E-state index >= 15 is 0 Å². The first-order chi connectivity index (χ1) is 5.58. The molecule has 0 aliphatic heterocycles. The monoisotopic (exact) mass is 166 g/mol. The topological polar surface area (TPSA) is 15.6 Å². The van der Waals surface area contributed by atoms with E-state index in [1.54, 1.807) is 0 Å². The fraction of sp³-hybridized carbons (Fsp3) is 0.700. The van der Waals surface area contributed by atoms with Crippen molar-refractivity contribution in [3.05, 3.63) is 11.6 Å². The van der Waals surface area contributed by atoms with Crippen LogP contribution in [0.5, 0.6) is 0 Å². The molecule has 12 heavy (non-hydrogen) atoms. The Labute approximate surface area is 75.0 Å². The Bertz CT molecular complexity index is 214. The molecule has 1 atom stereocenters. The van der Waals surface area contributed by atoms with Crippen LogP contribution in [-0.2, 0) is 0 Å². The van der Waals surface area contributed by atoms with E-state index in [0.717, 1.165) is 12.3 Å². The van der Waals surface area contributed by atoms with Gasteiger partial charge in [-0.1, -0.05) is 12.5 Å². The smallest absolute Gasteiger partial charge is 0.0607 e. The quantitative estimate of drug-likeness (QED) is 0.546. The van der Waals surface area contributed by atoms with Crippen LogP contribution in [-0.4, -0.2) is 24.8 Å². The summed E-state index contributed by atoms with van der Waals surface area (Å²) in [7, 11) is 3.94. The average Bonchev–Trinajstić information content (AvgIpc) is 1.81. The van der Waals surface area contributed by atoms with Crippen LogP contribution in [0.15, 0.2) is 16.8 Å². The van der Waals surface area contributed by atoms with Gasteiger partial charge >= 0.3 is 0 Å². The summed E-state index contributed by atoms with van der Waals surface area (Å²) in [6, 6.07) is 0. The number of allylic oxidation sites excluding steroid dienone is 2. The van der Waals surface area contributed by atoms with E-state index in [9.17, 15) is 0 Å². The van der Waals surface area contributed by atoms with Crippen molar-refractivity contribution in [1.29, 1.82) is 0 Å². The lowest BCUT2D eigenvalue weighted by atomic mass is 9.90. The van der Waals surface area contributed by atoms with Crippen LogP contribution in [0, 0.1) is 5.92 Å². The molecule has 0 heterocycles. The van der Waals surface area contributed by atoms with Crippen LogP contribution in [0.2, 0.25) is 0 Å². The molecule has 0 aromatic heterocycles. The first kappa shape index (κ1) is 9.30. The highest BCUT2D eigenvalue weighted by Crippen LogP contribution is 2.21. The molecule has 0 saturated heterocycles. The highest BCUT2D eigenvalue weighted by atomic mass is 15.4. The molecule has 2 nitrogen and oxygen atoms in total. The highest BCUT2D eigenvalue weighted by Gasteiger charge is 2.12. The van der Waals surface area contributed by atoms with Crippen LogP contribution < -0.4 is 0 Å². The van der Waals surface area contributed by atoms with Crippen molar-refractivity contribution in [3.63, 3.8) is 0 Å². The van der Waals surface area contributed by atoms with Gasteiger partial charge in [0.25, 0.3) is 0 Å². The van der Waals surface area contributed by atoms with E-state index in [4.69, 9.17) is 0 Å². The van der Waals surface area contributed by atoms with Crippen LogP contribution in [0.25, 0.3) is 0 Å². The van der Waals surface area contributed by atoms with Gasteiger partial charge in [0.2, 0.25) is 0 Å². The molecule has 2 heteroatoms. The minimum Gasteiger partial charge on any atom is -0.303 e. The van der Waals surface area contributed by atoms with Gasteiger partial charge in [0, 0.05) is 14.1 Å². The molecule has 0 fully saturated rings. The number of rotatable bonds is 1. The van der Waals surface area contributed by atoms with Crippen LogP contribution >= 0.6 is 0 Å². The fourth-order valence-electron chi connectivity index (χ4n) is 1.71. The molecule has 0 bridgehead atoms. The summed E-state index contributed by atoms with van der Waals surface area (Å²) in [6.07, 6.45) is 4.56. The molecule has 68 valence electrons.